The van der Waals surface area contributed by atoms with Crippen molar-refractivity contribution in [2.45, 2.75) is 31.9 Å². The molecule has 0 aromatic carbocycles. The van der Waals surface area contributed by atoms with Crippen molar-refractivity contribution in [2.75, 3.05) is 18.9 Å². The molecule has 34 heavy (non-hydrogen) atoms. The van der Waals surface area contributed by atoms with Gasteiger partial charge in [-0.15, -0.1) is 10.2 Å². The Balaban J connectivity index is 1.70. The van der Waals surface area contributed by atoms with Gasteiger partial charge in [-0.05, 0) is 31.0 Å². The molecule has 0 aliphatic heterocycles. The van der Waals surface area contributed by atoms with Gasteiger partial charge < -0.3 is 9.47 Å². The smallest absolute Gasteiger partial charge is 0.245 e. The van der Waals surface area contributed by atoms with E-state index in [1.54, 1.807) is 23.2 Å². The van der Waals surface area contributed by atoms with E-state index in [-0.39, 0.29) is 11.2 Å². The van der Waals surface area contributed by atoms with Crippen molar-refractivity contribution < 1.29 is 9.47 Å². The molecule has 4 rings (SSSR count). The van der Waals surface area contributed by atoms with Gasteiger partial charge >= 0.3 is 0 Å². The number of hydrogen-bond donors (Lipinski definition) is 1. The van der Waals surface area contributed by atoms with E-state index in [2.05, 4.69) is 53.7 Å². The Morgan fingerprint density at radius 2 is 1.74 bits per heavy atom. The number of hydrogen-bond acceptors (Lipinski definition) is 11. The van der Waals surface area contributed by atoms with Gasteiger partial charge in [-0.2, -0.15) is 9.97 Å². The number of rotatable bonds is 9. The van der Waals surface area contributed by atoms with Crippen LogP contribution < -0.4 is 14.2 Å². The van der Waals surface area contributed by atoms with Gasteiger partial charge in [0.2, 0.25) is 17.7 Å². The van der Waals surface area contributed by atoms with Gasteiger partial charge in [0.1, 0.15) is 6.33 Å². The summed E-state index contributed by atoms with van der Waals surface area (Å²) in [6.07, 6.45) is 8.38. The summed E-state index contributed by atoms with van der Waals surface area (Å²) in [5.74, 6) is 1.78. The molecular formula is C22H25N9O2S. The van der Waals surface area contributed by atoms with E-state index in [1.807, 2.05) is 25.3 Å². The molecule has 0 amide bonds. The van der Waals surface area contributed by atoms with Crippen molar-refractivity contribution in [2.24, 2.45) is 0 Å². The number of nitrogens with zero attached hydrogens (tertiary/aromatic N) is 8. The highest BCUT2D eigenvalue weighted by Crippen LogP contribution is 2.36. The molecule has 4 aromatic rings. The summed E-state index contributed by atoms with van der Waals surface area (Å²) in [6.45, 7) is 6.14. The van der Waals surface area contributed by atoms with E-state index in [0.29, 0.717) is 29.2 Å². The van der Waals surface area contributed by atoms with Gasteiger partial charge in [0, 0.05) is 41.5 Å². The van der Waals surface area contributed by atoms with Gasteiger partial charge in [0.15, 0.2) is 11.5 Å². The minimum atomic E-state index is 0.139. The third-order valence-electron chi connectivity index (χ3n) is 5.26. The molecule has 0 radical (unpaired) electrons. The summed E-state index contributed by atoms with van der Waals surface area (Å²) in [7, 11) is 3.07. The van der Waals surface area contributed by atoms with E-state index in [9.17, 15) is 0 Å². The Hall–Kier alpha value is -3.80. The first kappa shape index (κ1) is 23.4. The number of ether oxygens (including phenoxy) is 2. The van der Waals surface area contributed by atoms with E-state index >= 15 is 0 Å². The van der Waals surface area contributed by atoms with Crippen LogP contribution >= 0.6 is 11.9 Å². The molecule has 4 heterocycles. The van der Waals surface area contributed by atoms with E-state index in [1.165, 1.54) is 32.5 Å². The molecule has 176 valence electrons. The molecule has 12 heteroatoms. The molecule has 0 aliphatic rings. The fourth-order valence-electron chi connectivity index (χ4n) is 3.21. The first-order valence-corrected chi connectivity index (χ1v) is 11.4. The van der Waals surface area contributed by atoms with E-state index < -0.39 is 0 Å². The zero-order valence-electron chi connectivity index (χ0n) is 19.5. The van der Waals surface area contributed by atoms with Crippen LogP contribution in [0.25, 0.3) is 17.1 Å². The van der Waals surface area contributed by atoms with Crippen LogP contribution in [-0.4, -0.2) is 59.2 Å². The molecule has 1 N–H and O–H groups in total. The fourth-order valence-corrected chi connectivity index (χ4v) is 3.97. The molecule has 0 saturated heterocycles. The number of anilines is 1. The first-order valence-electron chi connectivity index (χ1n) is 10.5. The monoisotopic (exact) mass is 479 g/mol. The lowest BCUT2D eigenvalue weighted by atomic mass is 10.1. The van der Waals surface area contributed by atoms with Crippen molar-refractivity contribution in [3.63, 3.8) is 0 Å². The minimum absolute atomic E-state index is 0.139. The Morgan fingerprint density at radius 3 is 2.35 bits per heavy atom. The summed E-state index contributed by atoms with van der Waals surface area (Å²) < 4.78 is 16.1. The zero-order valence-corrected chi connectivity index (χ0v) is 20.3. The number of aryl methyl sites for hydroxylation is 1. The van der Waals surface area contributed by atoms with Crippen molar-refractivity contribution in [3.05, 3.63) is 54.6 Å². The lowest BCUT2D eigenvalue weighted by molar-refractivity contribution is 0.368. The van der Waals surface area contributed by atoms with Crippen LogP contribution in [-0.2, 0) is 0 Å². The van der Waals surface area contributed by atoms with Crippen molar-refractivity contribution in [1.82, 2.24) is 39.7 Å². The van der Waals surface area contributed by atoms with Crippen LogP contribution in [0.5, 0.6) is 11.8 Å². The Labute approximate surface area is 201 Å². The molecule has 0 fully saturated rings. The fraction of sp³-hybridized carbons (Fsp3) is 0.318. The number of pyridine rings is 1. The third-order valence-corrected chi connectivity index (χ3v) is 6.34. The minimum Gasteiger partial charge on any atom is -0.479 e. The predicted molar refractivity (Wildman–Crippen MR) is 129 cm³/mol. The summed E-state index contributed by atoms with van der Waals surface area (Å²) in [6, 6.07) is 3.73. The molecule has 0 aliphatic carbocycles. The highest BCUT2D eigenvalue weighted by Gasteiger charge is 2.25. The average molecular weight is 480 g/mol. The molecule has 4 aromatic heterocycles. The lowest BCUT2D eigenvalue weighted by Gasteiger charge is -2.20. The molecule has 1 unspecified atom stereocenters. The van der Waals surface area contributed by atoms with E-state index in [0.717, 1.165) is 17.0 Å². The number of methoxy groups -OCH3 is 2. The topological polar surface area (TPSA) is 126 Å². The maximum atomic E-state index is 5.52. The zero-order chi connectivity index (χ0) is 24.1. The second kappa shape index (κ2) is 10.4. The van der Waals surface area contributed by atoms with Crippen molar-refractivity contribution >= 4 is 17.9 Å². The standard InChI is InChI=1S/C22H25N9O2S/c1-13-9-25-17(11-24-13)14(2)15(3)34-30-22-29-28-19(16-7-6-8-23-10-16)31(22)18-20(32-4)26-12-27-21(18)33-5/h6-12,14-15H,1-5H3,(H,29,30)/t14-,15?/m0/s1. The molecule has 11 nitrogen and oxygen atoms in total. The highest BCUT2D eigenvalue weighted by atomic mass is 32.2. The second-order valence-electron chi connectivity index (χ2n) is 7.46. The Bertz CT molecular complexity index is 1210. The van der Waals surface area contributed by atoms with Crippen LogP contribution in [0.4, 0.5) is 5.95 Å². The van der Waals surface area contributed by atoms with Gasteiger partial charge in [-0.3, -0.25) is 24.2 Å². The first-order chi connectivity index (χ1) is 16.5. The maximum absolute atomic E-state index is 5.52. The molecular weight excluding hydrogens is 454 g/mol. The second-order valence-corrected chi connectivity index (χ2v) is 8.64. The van der Waals surface area contributed by atoms with Gasteiger partial charge in [-0.25, -0.2) is 0 Å². The van der Waals surface area contributed by atoms with Crippen LogP contribution in [0.2, 0.25) is 0 Å². The molecule has 0 spiro atoms. The summed E-state index contributed by atoms with van der Waals surface area (Å²) in [5, 5.41) is 8.95. The van der Waals surface area contributed by atoms with Crippen LogP contribution in [0.15, 0.2) is 43.2 Å². The summed E-state index contributed by atoms with van der Waals surface area (Å²) in [4.78, 5) is 21.6. The van der Waals surface area contributed by atoms with E-state index in [4.69, 9.17) is 9.47 Å². The summed E-state index contributed by atoms with van der Waals surface area (Å²) >= 11 is 1.50. The predicted octanol–water partition coefficient (Wildman–Crippen LogP) is 3.49. The molecule has 0 saturated carbocycles. The van der Waals surface area contributed by atoms with Gasteiger partial charge in [0.25, 0.3) is 0 Å². The maximum Gasteiger partial charge on any atom is 0.245 e. The third kappa shape index (κ3) is 4.76. The van der Waals surface area contributed by atoms with Crippen molar-refractivity contribution in [1.29, 1.82) is 0 Å². The largest absolute Gasteiger partial charge is 0.479 e. The SMILES string of the molecule is COc1ncnc(OC)c1-n1c(NSC(C)[C@H](C)c2cnc(C)cn2)nnc1-c1cccnc1. The quantitative estimate of drug-likeness (QED) is 0.355. The van der Waals surface area contributed by atoms with Crippen LogP contribution in [0.1, 0.15) is 31.2 Å². The van der Waals surface area contributed by atoms with Gasteiger partial charge in [-0.1, -0.05) is 13.8 Å². The molecule has 0 bridgehead atoms. The van der Waals surface area contributed by atoms with Crippen molar-refractivity contribution in [3.8, 4) is 28.8 Å². The molecule has 2 atom stereocenters. The van der Waals surface area contributed by atoms with Crippen LogP contribution in [0, 0.1) is 6.92 Å². The normalized spacial score (nSPS) is 12.7. The number of aromatic nitrogens is 8. The lowest BCUT2D eigenvalue weighted by Crippen LogP contribution is -2.14. The number of nitrogens with one attached hydrogen (secondary N) is 1. The Kier molecular flexibility index (Phi) is 7.16. The van der Waals surface area contributed by atoms with Crippen LogP contribution in [0.3, 0.4) is 0 Å². The average Bonchev–Trinajstić information content (AvgIpc) is 3.30. The highest BCUT2D eigenvalue weighted by molar-refractivity contribution is 8.01. The van der Waals surface area contributed by atoms with Gasteiger partial charge in [0.05, 0.1) is 25.6 Å². The Morgan fingerprint density at radius 1 is 0.971 bits per heavy atom. The summed E-state index contributed by atoms with van der Waals surface area (Å²) in [5.41, 5.74) is 3.05.